The molecule has 0 radical (unpaired) electrons. The van der Waals surface area contributed by atoms with Crippen LogP contribution in [0.4, 0.5) is 0 Å². The maximum absolute atomic E-state index is 13.1. The molecule has 0 saturated heterocycles. The van der Waals surface area contributed by atoms with E-state index in [0.29, 0.717) is 34.4 Å². The summed E-state index contributed by atoms with van der Waals surface area (Å²) in [5, 5.41) is 3.39. The molecule has 4 rings (SSSR count). The molecule has 0 fully saturated rings. The quantitative estimate of drug-likeness (QED) is 0.284. The molecule has 0 aliphatic heterocycles. The third kappa shape index (κ3) is 5.35. The zero-order valence-corrected chi connectivity index (χ0v) is 19.7. The number of aromatic amines is 1. The summed E-state index contributed by atoms with van der Waals surface area (Å²) in [4.78, 5) is 28.8. The molecule has 4 aromatic rings. The van der Waals surface area contributed by atoms with Crippen LogP contribution in [0.3, 0.4) is 0 Å². The van der Waals surface area contributed by atoms with E-state index >= 15 is 0 Å². The Balaban J connectivity index is 1.45. The minimum absolute atomic E-state index is 0.184. The van der Waals surface area contributed by atoms with Crippen molar-refractivity contribution in [3.8, 4) is 11.4 Å². The smallest absolute Gasteiger partial charge is 0.266 e. The van der Waals surface area contributed by atoms with Crippen molar-refractivity contribution in [3.05, 3.63) is 99.0 Å². The molecule has 0 unspecified atom stereocenters. The molecule has 8 heteroatoms. The van der Waals surface area contributed by atoms with Gasteiger partial charge in [-0.1, -0.05) is 30.3 Å². The Hall–Kier alpha value is -3.36. The Morgan fingerprint density at radius 2 is 1.85 bits per heavy atom. The van der Waals surface area contributed by atoms with Crippen molar-refractivity contribution in [2.75, 3.05) is 19.4 Å². The number of carbonyl (C=O) groups is 1. The van der Waals surface area contributed by atoms with Crippen LogP contribution in [0.2, 0.25) is 0 Å². The predicted molar refractivity (Wildman–Crippen MR) is 136 cm³/mol. The average Bonchev–Trinajstić information content (AvgIpc) is 2.84. The minimum Gasteiger partial charge on any atom is -0.497 e. The predicted octanol–water partition coefficient (Wildman–Crippen LogP) is 4.72. The fourth-order valence-corrected chi connectivity index (χ4v) is 4.55. The van der Waals surface area contributed by atoms with Crippen molar-refractivity contribution in [2.24, 2.45) is 0 Å². The Morgan fingerprint density at radius 1 is 1.09 bits per heavy atom. The van der Waals surface area contributed by atoms with E-state index in [1.54, 1.807) is 61.3 Å². The molecular formula is C25H23N3O3S2. The number of H-pyrrole nitrogens is 1. The van der Waals surface area contributed by atoms with Crippen LogP contribution in [0.1, 0.15) is 15.9 Å². The van der Waals surface area contributed by atoms with Crippen LogP contribution >= 0.6 is 24.0 Å². The highest BCUT2D eigenvalue weighted by molar-refractivity contribution is 7.98. The van der Waals surface area contributed by atoms with E-state index in [-0.39, 0.29) is 16.2 Å². The molecule has 1 aromatic heterocycles. The summed E-state index contributed by atoms with van der Waals surface area (Å²) in [5.74, 6) is 2.22. The van der Waals surface area contributed by atoms with E-state index < -0.39 is 0 Å². The average molecular weight is 478 g/mol. The molecule has 0 aliphatic rings. The molecule has 3 aromatic carbocycles. The highest BCUT2D eigenvalue weighted by Crippen LogP contribution is 2.17. The highest BCUT2D eigenvalue weighted by Gasteiger charge is 2.11. The lowest BCUT2D eigenvalue weighted by molar-refractivity contribution is 0.0956. The molecule has 0 spiro atoms. The molecule has 33 heavy (non-hydrogen) atoms. The van der Waals surface area contributed by atoms with Gasteiger partial charge in [0.15, 0.2) is 4.77 Å². The molecule has 168 valence electrons. The Morgan fingerprint density at radius 3 is 2.58 bits per heavy atom. The van der Waals surface area contributed by atoms with Crippen LogP contribution in [-0.2, 0) is 5.75 Å². The number of nitrogens with zero attached hydrogens (tertiary/aromatic N) is 1. The number of benzene rings is 3. The SMILES string of the molecule is COc1ccc(-n2c(=S)[nH]c3cc(C(=O)NCCSCc4ccccc4)ccc3c2=O)cc1. The standard InChI is InChI=1S/C25H23N3O3S2/c1-31-20-10-8-19(9-11-20)28-24(30)21-12-7-18(15-22(21)27-25(28)32)23(29)26-13-14-33-16-17-5-3-2-4-6-17/h2-12,15H,13-14,16H2,1H3,(H,26,29)(H,27,32). The Labute approximate surface area is 200 Å². The molecular weight excluding hydrogens is 454 g/mol. The minimum atomic E-state index is -0.247. The van der Waals surface area contributed by atoms with E-state index in [1.807, 2.05) is 18.2 Å². The van der Waals surface area contributed by atoms with Gasteiger partial charge >= 0.3 is 0 Å². The summed E-state index contributed by atoms with van der Waals surface area (Å²) in [6.45, 7) is 0.559. The first-order chi connectivity index (χ1) is 16.1. The maximum Gasteiger partial charge on any atom is 0.266 e. The van der Waals surface area contributed by atoms with Crippen LogP contribution in [0, 0.1) is 4.77 Å². The van der Waals surface area contributed by atoms with E-state index in [2.05, 4.69) is 22.4 Å². The Kier molecular flexibility index (Phi) is 7.26. The van der Waals surface area contributed by atoms with Gasteiger partial charge in [-0.05, 0) is 60.2 Å². The number of amides is 1. The fraction of sp³-hybridized carbons (Fsp3) is 0.160. The van der Waals surface area contributed by atoms with E-state index in [1.165, 1.54) is 10.1 Å². The lowest BCUT2D eigenvalue weighted by Crippen LogP contribution is -2.26. The largest absolute Gasteiger partial charge is 0.497 e. The van der Waals surface area contributed by atoms with Gasteiger partial charge in [0.1, 0.15) is 5.75 Å². The van der Waals surface area contributed by atoms with Crippen LogP contribution in [-0.4, -0.2) is 34.9 Å². The van der Waals surface area contributed by atoms with Crippen molar-refractivity contribution in [1.29, 1.82) is 0 Å². The first-order valence-electron chi connectivity index (χ1n) is 10.4. The molecule has 1 amide bonds. The maximum atomic E-state index is 13.1. The fourth-order valence-electron chi connectivity index (χ4n) is 3.43. The lowest BCUT2D eigenvalue weighted by Gasteiger charge is -2.10. The molecule has 2 N–H and O–H groups in total. The number of fused-ring (bicyclic) bond motifs is 1. The van der Waals surface area contributed by atoms with Crippen molar-refractivity contribution >= 4 is 40.8 Å². The number of thioether (sulfide) groups is 1. The van der Waals surface area contributed by atoms with Crippen molar-refractivity contribution in [3.63, 3.8) is 0 Å². The van der Waals surface area contributed by atoms with Gasteiger partial charge in [-0.25, -0.2) is 0 Å². The van der Waals surface area contributed by atoms with Gasteiger partial charge in [-0.2, -0.15) is 11.8 Å². The van der Waals surface area contributed by atoms with Crippen LogP contribution in [0.25, 0.3) is 16.6 Å². The van der Waals surface area contributed by atoms with Gasteiger partial charge in [-0.3, -0.25) is 14.2 Å². The summed E-state index contributed by atoms with van der Waals surface area (Å²) in [6, 6.07) is 22.3. The van der Waals surface area contributed by atoms with Crippen LogP contribution < -0.4 is 15.6 Å². The third-order valence-corrected chi connectivity index (χ3v) is 6.45. The summed E-state index contributed by atoms with van der Waals surface area (Å²) in [6.07, 6.45) is 0. The second kappa shape index (κ2) is 10.5. The normalized spacial score (nSPS) is 10.8. The Bertz CT molecular complexity index is 1380. The van der Waals surface area contributed by atoms with Crippen LogP contribution in [0.15, 0.2) is 77.6 Å². The zero-order valence-electron chi connectivity index (χ0n) is 18.0. The monoisotopic (exact) mass is 477 g/mol. The summed E-state index contributed by atoms with van der Waals surface area (Å²) in [7, 11) is 1.58. The van der Waals surface area contributed by atoms with Gasteiger partial charge in [-0.15, -0.1) is 0 Å². The first kappa shape index (κ1) is 22.8. The third-order valence-electron chi connectivity index (χ3n) is 5.13. The molecule has 0 atom stereocenters. The molecule has 0 bridgehead atoms. The van der Waals surface area contributed by atoms with Gasteiger partial charge < -0.3 is 15.0 Å². The second-order valence-electron chi connectivity index (χ2n) is 7.32. The van der Waals surface area contributed by atoms with Gasteiger partial charge in [0, 0.05) is 23.6 Å². The van der Waals surface area contributed by atoms with Crippen molar-refractivity contribution < 1.29 is 9.53 Å². The second-order valence-corrected chi connectivity index (χ2v) is 8.82. The molecule has 1 heterocycles. The number of ether oxygens (including phenoxy) is 1. The number of nitrogens with one attached hydrogen (secondary N) is 2. The highest BCUT2D eigenvalue weighted by atomic mass is 32.2. The lowest BCUT2D eigenvalue weighted by atomic mass is 10.1. The summed E-state index contributed by atoms with van der Waals surface area (Å²) < 4.78 is 6.86. The van der Waals surface area contributed by atoms with Crippen LogP contribution in [0.5, 0.6) is 5.75 Å². The number of hydrogen-bond acceptors (Lipinski definition) is 5. The van der Waals surface area contributed by atoms with Crippen molar-refractivity contribution in [2.45, 2.75) is 5.75 Å². The zero-order chi connectivity index (χ0) is 23.2. The molecule has 0 saturated carbocycles. The molecule has 6 nitrogen and oxygen atoms in total. The number of aromatic nitrogens is 2. The van der Waals surface area contributed by atoms with Gasteiger partial charge in [0.05, 0.1) is 23.7 Å². The van der Waals surface area contributed by atoms with Gasteiger partial charge in [0.25, 0.3) is 11.5 Å². The summed E-state index contributed by atoms with van der Waals surface area (Å²) >= 11 is 7.20. The van der Waals surface area contributed by atoms with E-state index in [0.717, 1.165) is 11.5 Å². The summed E-state index contributed by atoms with van der Waals surface area (Å²) in [5.41, 5.74) is 2.66. The first-order valence-corrected chi connectivity index (χ1v) is 12.0. The number of carbonyl (C=O) groups excluding carboxylic acids is 1. The molecule has 0 aliphatic carbocycles. The van der Waals surface area contributed by atoms with E-state index in [4.69, 9.17) is 17.0 Å². The number of methoxy groups -OCH3 is 1. The number of rotatable bonds is 8. The van der Waals surface area contributed by atoms with Gasteiger partial charge in [0.2, 0.25) is 0 Å². The van der Waals surface area contributed by atoms with E-state index in [9.17, 15) is 9.59 Å². The van der Waals surface area contributed by atoms with Crippen molar-refractivity contribution in [1.82, 2.24) is 14.9 Å². The number of hydrogen-bond donors (Lipinski definition) is 2. The topological polar surface area (TPSA) is 76.1 Å².